The van der Waals surface area contributed by atoms with E-state index in [9.17, 15) is 23.6 Å². The van der Waals surface area contributed by atoms with E-state index in [4.69, 9.17) is 9.47 Å². The predicted molar refractivity (Wildman–Crippen MR) is 142 cm³/mol. The van der Waals surface area contributed by atoms with Crippen LogP contribution in [0.5, 0.6) is 5.75 Å². The molecule has 0 fully saturated rings. The number of ether oxygens (including phenoxy) is 2. The number of allylic oxidation sites excluding steroid dienone is 1. The van der Waals surface area contributed by atoms with Crippen molar-refractivity contribution in [2.24, 2.45) is 10.2 Å². The molecule has 1 atom stereocenters. The first kappa shape index (κ1) is 26.8. The number of nitriles is 1. The summed E-state index contributed by atoms with van der Waals surface area (Å²) in [6.07, 6.45) is 0. The molecule has 0 bridgehead atoms. The molecule has 1 N–H and O–H groups in total. The van der Waals surface area contributed by atoms with Crippen molar-refractivity contribution in [2.45, 2.75) is 4.90 Å². The second-order valence-electron chi connectivity index (χ2n) is 7.75. The molecule has 9 nitrogen and oxygen atoms in total. The number of carbonyl (C=O) groups excluding carboxylic acids is 2. The van der Waals surface area contributed by atoms with Gasteiger partial charge in [-0.3, -0.25) is 0 Å². The smallest absolute Gasteiger partial charge is 0.343 e. The van der Waals surface area contributed by atoms with Crippen LogP contribution in [0.3, 0.4) is 0 Å². The monoisotopic (exact) mass is 537 g/mol. The normalized spacial score (nSPS) is 12.2. The lowest BCUT2D eigenvalue weighted by Crippen LogP contribution is -2.08. The van der Waals surface area contributed by atoms with E-state index in [2.05, 4.69) is 10.2 Å². The SMILES string of the molecule is N#CC(N=Nc1cc(S(=O)O)ccc1OC(=O)c1ccccc1)=C(OC(=O)c1ccccc1)c1ccccc1. The fraction of sp³-hybridized carbons (Fsp3) is 0. The van der Waals surface area contributed by atoms with Gasteiger partial charge in [0, 0.05) is 5.56 Å². The van der Waals surface area contributed by atoms with Crippen molar-refractivity contribution >= 4 is 34.5 Å². The molecule has 39 heavy (non-hydrogen) atoms. The van der Waals surface area contributed by atoms with Crippen molar-refractivity contribution in [1.29, 1.82) is 5.26 Å². The minimum atomic E-state index is -2.37. The first-order valence-electron chi connectivity index (χ1n) is 11.4. The molecule has 0 aliphatic carbocycles. The Morgan fingerprint density at radius 1 is 0.769 bits per heavy atom. The molecule has 4 rings (SSSR count). The molecule has 0 radical (unpaired) electrons. The van der Waals surface area contributed by atoms with E-state index in [-0.39, 0.29) is 38.9 Å². The van der Waals surface area contributed by atoms with E-state index in [0.717, 1.165) is 0 Å². The summed E-state index contributed by atoms with van der Waals surface area (Å²) >= 11 is -2.37. The molecular weight excluding hydrogens is 518 g/mol. The second kappa shape index (κ2) is 12.8. The Morgan fingerprint density at radius 3 is 1.85 bits per heavy atom. The Balaban J connectivity index is 1.75. The minimum Gasteiger partial charge on any atom is -0.421 e. The van der Waals surface area contributed by atoms with Crippen molar-refractivity contribution in [3.63, 3.8) is 0 Å². The summed E-state index contributed by atoms with van der Waals surface area (Å²) in [4.78, 5) is 25.4. The zero-order valence-corrected chi connectivity index (χ0v) is 20.9. The fourth-order valence-electron chi connectivity index (χ4n) is 3.29. The lowest BCUT2D eigenvalue weighted by Gasteiger charge is -2.10. The van der Waals surface area contributed by atoms with Gasteiger partial charge in [0.15, 0.2) is 22.6 Å². The Hall–Kier alpha value is -5.24. The average Bonchev–Trinajstić information content (AvgIpc) is 2.98. The third kappa shape index (κ3) is 6.95. The highest BCUT2D eigenvalue weighted by molar-refractivity contribution is 7.79. The first-order valence-corrected chi connectivity index (χ1v) is 12.5. The fourth-order valence-corrected chi connectivity index (χ4v) is 3.68. The van der Waals surface area contributed by atoms with Crippen molar-refractivity contribution in [3.05, 3.63) is 132 Å². The lowest BCUT2D eigenvalue weighted by molar-refractivity contribution is 0.0688. The average molecular weight is 538 g/mol. The van der Waals surface area contributed by atoms with Gasteiger partial charge in [0.2, 0.25) is 5.70 Å². The summed E-state index contributed by atoms with van der Waals surface area (Å²) in [6.45, 7) is 0. The van der Waals surface area contributed by atoms with E-state index >= 15 is 0 Å². The van der Waals surface area contributed by atoms with Gasteiger partial charge >= 0.3 is 11.9 Å². The van der Waals surface area contributed by atoms with Gasteiger partial charge in [-0.2, -0.15) is 5.26 Å². The number of hydrogen-bond donors (Lipinski definition) is 1. The van der Waals surface area contributed by atoms with E-state index in [0.29, 0.717) is 5.56 Å². The van der Waals surface area contributed by atoms with Crippen molar-refractivity contribution < 1.29 is 27.8 Å². The van der Waals surface area contributed by atoms with Gasteiger partial charge in [0.05, 0.1) is 16.0 Å². The van der Waals surface area contributed by atoms with Gasteiger partial charge < -0.3 is 14.0 Å². The van der Waals surface area contributed by atoms with Crippen LogP contribution >= 0.6 is 0 Å². The predicted octanol–water partition coefficient (Wildman–Crippen LogP) is 6.32. The first-order chi connectivity index (χ1) is 19.0. The van der Waals surface area contributed by atoms with Gasteiger partial charge in [-0.15, -0.1) is 10.2 Å². The van der Waals surface area contributed by atoms with Crippen LogP contribution in [0.4, 0.5) is 5.69 Å². The quantitative estimate of drug-likeness (QED) is 0.0693. The third-order valence-corrected chi connectivity index (χ3v) is 5.82. The third-order valence-electron chi connectivity index (χ3n) is 5.16. The molecule has 0 heterocycles. The highest BCUT2D eigenvalue weighted by Gasteiger charge is 2.18. The number of hydrogen-bond acceptors (Lipinski definition) is 8. The summed E-state index contributed by atoms with van der Waals surface area (Å²) in [7, 11) is 0. The molecule has 0 aromatic heterocycles. The Bertz CT molecular complexity index is 1620. The number of benzene rings is 4. The van der Waals surface area contributed by atoms with Crippen LogP contribution < -0.4 is 4.74 Å². The van der Waals surface area contributed by atoms with Gasteiger partial charge in [-0.1, -0.05) is 66.7 Å². The van der Waals surface area contributed by atoms with Gasteiger partial charge in [0.1, 0.15) is 11.8 Å². The molecule has 0 saturated heterocycles. The maximum Gasteiger partial charge on any atom is 0.343 e. The van der Waals surface area contributed by atoms with E-state index in [1.807, 2.05) is 6.07 Å². The molecule has 10 heteroatoms. The standard InChI is InChI=1S/C29H19N3O6S/c30-19-25(27(20-10-4-1-5-11-20)38-29(34)22-14-8-3-9-15-22)32-31-24-18-23(39(35)36)16-17-26(24)37-28(33)21-12-6-2-7-13-21/h1-18H,(H,35,36). The maximum atomic E-state index is 12.8. The largest absolute Gasteiger partial charge is 0.421 e. The highest BCUT2D eigenvalue weighted by Crippen LogP contribution is 2.32. The van der Waals surface area contributed by atoms with E-state index in [1.165, 1.54) is 18.2 Å². The second-order valence-corrected chi connectivity index (χ2v) is 8.72. The molecule has 0 amide bonds. The van der Waals surface area contributed by atoms with Gasteiger partial charge in [-0.25, -0.2) is 13.8 Å². The lowest BCUT2D eigenvalue weighted by atomic mass is 10.1. The van der Waals surface area contributed by atoms with Gasteiger partial charge in [-0.05, 0) is 42.5 Å². The Morgan fingerprint density at radius 2 is 1.31 bits per heavy atom. The summed E-state index contributed by atoms with van der Waals surface area (Å²) in [6, 6.07) is 30.5. The Kier molecular flexibility index (Phi) is 8.82. The van der Waals surface area contributed by atoms with Crippen LogP contribution in [0.15, 0.2) is 130 Å². The van der Waals surface area contributed by atoms with E-state index < -0.39 is 23.0 Å². The number of esters is 2. The molecular formula is C29H19N3O6S. The molecule has 1 unspecified atom stereocenters. The number of carbonyl (C=O) groups is 2. The zero-order valence-electron chi connectivity index (χ0n) is 20.1. The van der Waals surface area contributed by atoms with Crippen LogP contribution in [-0.2, 0) is 15.8 Å². The zero-order chi connectivity index (χ0) is 27.6. The number of nitrogens with zero attached hydrogens (tertiary/aromatic N) is 3. The van der Waals surface area contributed by atoms with Crippen LogP contribution in [0.2, 0.25) is 0 Å². The van der Waals surface area contributed by atoms with Crippen LogP contribution in [-0.4, -0.2) is 20.7 Å². The van der Waals surface area contributed by atoms with Crippen molar-refractivity contribution in [2.75, 3.05) is 0 Å². The van der Waals surface area contributed by atoms with Crippen molar-refractivity contribution in [3.8, 4) is 11.8 Å². The van der Waals surface area contributed by atoms with E-state index in [1.54, 1.807) is 91.0 Å². The summed E-state index contributed by atoms with van der Waals surface area (Å²) in [5.74, 6) is -1.63. The molecule has 4 aromatic carbocycles. The molecule has 192 valence electrons. The van der Waals surface area contributed by atoms with Gasteiger partial charge in [0.25, 0.3) is 0 Å². The highest BCUT2D eigenvalue weighted by atomic mass is 32.2. The topological polar surface area (TPSA) is 138 Å². The minimum absolute atomic E-state index is 0.0373. The van der Waals surface area contributed by atoms with Crippen LogP contribution in [0, 0.1) is 11.3 Å². The van der Waals surface area contributed by atoms with Crippen LogP contribution in [0.25, 0.3) is 5.76 Å². The van der Waals surface area contributed by atoms with Crippen LogP contribution in [0.1, 0.15) is 26.3 Å². The maximum absolute atomic E-state index is 12.8. The van der Waals surface area contributed by atoms with Crippen molar-refractivity contribution in [1.82, 2.24) is 0 Å². The molecule has 0 aliphatic rings. The summed E-state index contributed by atoms with van der Waals surface area (Å²) < 4.78 is 32.2. The molecule has 0 aliphatic heterocycles. The Labute approximate surface area is 226 Å². The number of rotatable bonds is 8. The molecule has 0 saturated carbocycles. The summed E-state index contributed by atoms with van der Waals surface area (Å²) in [5.41, 5.74) is 0.452. The number of azo groups is 1. The molecule has 4 aromatic rings. The summed E-state index contributed by atoms with van der Waals surface area (Å²) in [5, 5.41) is 17.9. The molecule has 0 spiro atoms.